The molecule has 0 aromatic heterocycles. The van der Waals surface area contributed by atoms with Gasteiger partial charge in [-0.2, -0.15) is 5.26 Å². The molecule has 1 saturated carbocycles. The van der Waals surface area contributed by atoms with Crippen molar-refractivity contribution in [3.63, 3.8) is 0 Å². The summed E-state index contributed by atoms with van der Waals surface area (Å²) < 4.78 is 0. The molecule has 0 amide bonds. The van der Waals surface area contributed by atoms with E-state index in [2.05, 4.69) is 24.8 Å². The van der Waals surface area contributed by atoms with Crippen LogP contribution in [0.3, 0.4) is 0 Å². The molecule has 21 heavy (non-hydrogen) atoms. The maximum Gasteiger partial charge on any atom is 0.140 e. The Morgan fingerprint density at radius 3 is 2.52 bits per heavy atom. The van der Waals surface area contributed by atoms with E-state index in [0.717, 1.165) is 5.56 Å². The Labute approximate surface area is 126 Å². The number of benzene rings is 1. The molecule has 1 aliphatic rings. The molecular weight excluding hydrogens is 258 g/mol. The van der Waals surface area contributed by atoms with Gasteiger partial charge >= 0.3 is 0 Å². The number of carbonyl (C=O) groups excluding carboxylic acids is 1. The largest absolute Gasteiger partial charge is 0.299 e. The molecule has 0 spiro atoms. The minimum Gasteiger partial charge on any atom is -0.299 e. The number of hydrogen-bond donors (Lipinski definition) is 0. The lowest BCUT2D eigenvalue weighted by molar-refractivity contribution is -0.122. The quantitative estimate of drug-likeness (QED) is 0.697. The smallest absolute Gasteiger partial charge is 0.140 e. The molecule has 2 rings (SSSR count). The van der Waals surface area contributed by atoms with Gasteiger partial charge in [0.25, 0.3) is 0 Å². The van der Waals surface area contributed by atoms with Gasteiger partial charge in [-0.3, -0.25) is 4.79 Å². The number of ketones is 1. The molecule has 2 heteroatoms. The topological polar surface area (TPSA) is 40.9 Å². The number of hydrogen-bond acceptors (Lipinski definition) is 2. The lowest BCUT2D eigenvalue weighted by Gasteiger charge is -2.30. The highest BCUT2D eigenvalue weighted by atomic mass is 16.1. The van der Waals surface area contributed by atoms with E-state index in [4.69, 9.17) is 5.26 Å². The predicted molar refractivity (Wildman–Crippen MR) is 84.8 cm³/mol. The molecule has 0 N–H and O–H groups in total. The van der Waals surface area contributed by atoms with Crippen LogP contribution in [0.5, 0.6) is 0 Å². The first-order chi connectivity index (χ1) is 10.1. The summed E-state index contributed by atoms with van der Waals surface area (Å²) in [6.07, 6.45) is 10.0. The van der Waals surface area contributed by atoms with Crippen molar-refractivity contribution in [2.24, 2.45) is 5.92 Å². The second-order valence-electron chi connectivity index (χ2n) is 5.79. The third kappa shape index (κ3) is 3.49. The zero-order valence-electron chi connectivity index (χ0n) is 12.5. The third-order valence-electron chi connectivity index (χ3n) is 4.23. The highest BCUT2D eigenvalue weighted by Crippen LogP contribution is 2.36. The number of rotatable bonds is 7. The van der Waals surface area contributed by atoms with Gasteiger partial charge in [0.1, 0.15) is 5.78 Å². The van der Waals surface area contributed by atoms with E-state index in [-0.39, 0.29) is 5.78 Å². The molecule has 1 fully saturated rings. The molecule has 1 aliphatic carbocycles. The maximum absolute atomic E-state index is 12.4. The van der Waals surface area contributed by atoms with Gasteiger partial charge in [-0.1, -0.05) is 30.4 Å². The summed E-state index contributed by atoms with van der Waals surface area (Å²) >= 11 is 0. The minimum absolute atomic E-state index is 0.146. The van der Waals surface area contributed by atoms with Crippen LogP contribution in [-0.2, 0) is 10.2 Å². The number of nitriles is 1. The fourth-order valence-corrected chi connectivity index (χ4v) is 2.67. The first kappa shape index (κ1) is 15.3. The minimum atomic E-state index is -0.554. The molecule has 0 aliphatic heterocycles. The Balaban J connectivity index is 2.33. The summed E-state index contributed by atoms with van der Waals surface area (Å²) in [4.78, 5) is 12.4. The SMILES string of the molecule is C=CCC(C/C=C/C1CC1)(C(C)=O)c1ccc(C#N)cc1. The van der Waals surface area contributed by atoms with Crippen molar-refractivity contribution in [2.45, 2.75) is 38.0 Å². The van der Waals surface area contributed by atoms with Gasteiger partial charge in [-0.05, 0) is 56.2 Å². The van der Waals surface area contributed by atoms with Crippen molar-refractivity contribution in [3.8, 4) is 6.07 Å². The Morgan fingerprint density at radius 2 is 2.05 bits per heavy atom. The van der Waals surface area contributed by atoms with Crippen LogP contribution < -0.4 is 0 Å². The summed E-state index contributed by atoms with van der Waals surface area (Å²) in [6.45, 7) is 5.46. The Morgan fingerprint density at radius 1 is 1.38 bits per heavy atom. The standard InChI is InChI=1S/C19H21NO/c1-3-12-19(15(2)21,13-4-5-16-6-7-16)18-10-8-17(14-20)9-11-18/h3-5,8-11,16H,1,6-7,12-13H2,2H3/b5-4+. The number of allylic oxidation sites excluding steroid dienone is 3. The van der Waals surface area contributed by atoms with Gasteiger partial charge in [0.2, 0.25) is 0 Å². The Bertz CT molecular complexity index is 587. The Hall–Kier alpha value is -2.14. The zero-order chi connectivity index (χ0) is 15.3. The highest BCUT2D eigenvalue weighted by Gasteiger charge is 2.35. The van der Waals surface area contributed by atoms with Crippen molar-refractivity contribution < 1.29 is 4.79 Å². The Kier molecular flexibility index (Phi) is 4.75. The monoisotopic (exact) mass is 279 g/mol. The molecule has 1 atom stereocenters. The first-order valence-electron chi connectivity index (χ1n) is 7.41. The van der Waals surface area contributed by atoms with Crippen LogP contribution in [0.15, 0.2) is 49.1 Å². The van der Waals surface area contributed by atoms with Crippen molar-refractivity contribution in [1.82, 2.24) is 0 Å². The van der Waals surface area contributed by atoms with Crippen LogP contribution in [0.4, 0.5) is 0 Å². The summed E-state index contributed by atoms with van der Waals surface area (Å²) in [5.41, 5.74) is 1.03. The predicted octanol–water partition coefficient (Wildman–Crippen LogP) is 4.32. The molecule has 1 aromatic rings. The van der Waals surface area contributed by atoms with Crippen LogP contribution in [0.1, 0.15) is 43.7 Å². The molecule has 2 nitrogen and oxygen atoms in total. The maximum atomic E-state index is 12.4. The summed E-state index contributed by atoms with van der Waals surface area (Å²) in [7, 11) is 0. The highest BCUT2D eigenvalue weighted by molar-refractivity contribution is 5.88. The van der Waals surface area contributed by atoms with Crippen molar-refractivity contribution in [1.29, 1.82) is 5.26 Å². The van der Waals surface area contributed by atoms with Crippen LogP contribution in [0.25, 0.3) is 0 Å². The van der Waals surface area contributed by atoms with E-state index in [9.17, 15) is 4.79 Å². The molecule has 0 saturated heterocycles. The third-order valence-corrected chi connectivity index (χ3v) is 4.23. The van der Waals surface area contributed by atoms with E-state index in [1.54, 1.807) is 19.1 Å². The van der Waals surface area contributed by atoms with Crippen molar-refractivity contribution in [3.05, 3.63) is 60.2 Å². The van der Waals surface area contributed by atoms with Gasteiger partial charge in [-0.25, -0.2) is 0 Å². The molecule has 108 valence electrons. The first-order valence-corrected chi connectivity index (χ1v) is 7.41. The fraction of sp³-hybridized carbons (Fsp3) is 0.368. The number of carbonyl (C=O) groups is 1. The van der Waals surface area contributed by atoms with Crippen molar-refractivity contribution in [2.75, 3.05) is 0 Å². The fourth-order valence-electron chi connectivity index (χ4n) is 2.67. The normalized spacial score (nSPS) is 17.1. The van der Waals surface area contributed by atoms with Gasteiger partial charge in [0, 0.05) is 0 Å². The summed E-state index contributed by atoms with van der Waals surface area (Å²) in [5, 5.41) is 8.91. The van der Waals surface area contributed by atoms with E-state index in [0.29, 0.717) is 24.3 Å². The average molecular weight is 279 g/mol. The zero-order valence-corrected chi connectivity index (χ0v) is 12.5. The molecule has 0 bridgehead atoms. The number of Topliss-reactive ketones (excluding diaryl/α,β-unsaturated/α-hetero) is 1. The number of nitrogens with zero attached hydrogens (tertiary/aromatic N) is 1. The van der Waals surface area contributed by atoms with Crippen LogP contribution in [0, 0.1) is 17.2 Å². The lowest BCUT2D eigenvalue weighted by Crippen LogP contribution is -2.33. The van der Waals surface area contributed by atoms with Gasteiger partial charge in [0.15, 0.2) is 0 Å². The second-order valence-corrected chi connectivity index (χ2v) is 5.79. The summed E-state index contributed by atoms with van der Waals surface area (Å²) in [5.74, 6) is 0.854. The van der Waals surface area contributed by atoms with Crippen LogP contribution >= 0.6 is 0 Å². The molecule has 1 aromatic carbocycles. The van der Waals surface area contributed by atoms with Crippen LogP contribution in [0.2, 0.25) is 0 Å². The van der Waals surface area contributed by atoms with E-state index >= 15 is 0 Å². The van der Waals surface area contributed by atoms with E-state index in [1.807, 2.05) is 18.2 Å². The average Bonchev–Trinajstić information content (AvgIpc) is 3.30. The second kappa shape index (κ2) is 6.54. The molecular formula is C19H21NO. The van der Waals surface area contributed by atoms with E-state index in [1.165, 1.54) is 12.8 Å². The van der Waals surface area contributed by atoms with Crippen molar-refractivity contribution >= 4 is 5.78 Å². The lowest BCUT2D eigenvalue weighted by atomic mass is 9.71. The summed E-state index contributed by atoms with van der Waals surface area (Å²) in [6, 6.07) is 9.47. The van der Waals surface area contributed by atoms with Gasteiger partial charge in [0.05, 0.1) is 17.0 Å². The van der Waals surface area contributed by atoms with E-state index < -0.39 is 5.41 Å². The van der Waals surface area contributed by atoms with Gasteiger partial charge in [-0.15, -0.1) is 6.58 Å². The molecule has 0 heterocycles. The van der Waals surface area contributed by atoms with Crippen LogP contribution in [-0.4, -0.2) is 5.78 Å². The van der Waals surface area contributed by atoms with Gasteiger partial charge < -0.3 is 0 Å². The molecule has 1 unspecified atom stereocenters. The molecule has 0 radical (unpaired) electrons.